The standard InChI is InChI=1S/C17H27FN2/c1-3-16(19)17(14-9-6-10-15(18)11-14)20(2)12-13-7-4-5-8-13/h6,9-11,13,16-17H,3-5,7-8,12,19H2,1-2H3. The van der Waals surface area contributed by atoms with Crippen LogP contribution in [0.4, 0.5) is 4.39 Å². The number of benzene rings is 1. The molecule has 2 rings (SSSR count). The van der Waals surface area contributed by atoms with Gasteiger partial charge in [-0.1, -0.05) is 31.9 Å². The minimum atomic E-state index is -0.176. The summed E-state index contributed by atoms with van der Waals surface area (Å²) in [5.74, 6) is 0.602. The van der Waals surface area contributed by atoms with E-state index in [4.69, 9.17) is 5.73 Å². The summed E-state index contributed by atoms with van der Waals surface area (Å²) in [5.41, 5.74) is 7.31. The van der Waals surface area contributed by atoms with Crippen LogP contribution in [0.15, 0.2) is 24.3 Å². The van der Waals surface area contributed by atoms with Crippen LogP contribution in [0.5, 0.6) is 0 Å². The lowest BCUT2D eigenvalue weighted by Crippen LogP contribution is -2.40. The van der Waals surface area contributed by atoms with E-state index in [9.17, 15) is 4.39 Å². The van der Waals surface area contributed by atoms with E-state index in [1.54, 1.807) is 12.1 Å². The molecule has 0 amide bonds. The predicted octanol–water partition coefficient (Wildman–Crippen LogP) is 3.73. The molecular formula is C17H27FN2. The van der Waals surface area contributed by atoms with Crippen molar-refractivity contribution in [3.63, 3.8) is 0 Å². The van der Waals surface area contributed by atoms with Crippen molar-refractivity contribution in [1.29, 1.82) is 0 Å². The smallest absolute Gasteiger partial charge is 0.123 e. The largest absolute Gasteiger partial charge is 0.326 e. The second kappa shape index (κ2) is 7.19. The molecule has 112 valence electrons. The lowest BCUT2D eigenvalue weighted by molar-refractivity contribution is 0.180. The molecule has 2 unspecified atom stereocenters. The monoisotopic (exact) mass is 278 g/mol. The molecular weight excluding hydrogens is 251 g/mol. The highest BCUT2D eigenvalue weighted by Crippen LogP contribution is 2.30. The van der Waals surface area contributed by atoms with E-state index in [1.165, 1.54) is 31.7 Å². The van der Waals surface area contributed by atoms with Gasteiger partial charge in [0.2, 0.25) is 0 Å². The average molecular weight is 278 g/mol. The summed E-state index contributed by atoms with van der Waals surface area (Å²) in [6, 6.07) is 7.05. The number of hydrogen-bond acceptors (Lipinski definition) is 2. The van der Waals surface area contributed by atoms with Gasteiger partial charge in [-0.25, -0.2) is 4.39 Å². The molecule has 2 nitrogen and oxygen atoms in total. The maximum atomic E-state index is 13.5. The summed E-state index contributed by atoms with van der Waals surface area (Å²) in [7, 11) is 2.13. The van der Waals surface area contributed by atoms with Crippen LogP contribution in [-0.4, -0.2) is 24.5 Å². The molecule has 0 radical (unpaired) electrons. The Morgan fingerprint density at radius 2 is 2.05 bits per heavy atom. The van der Waals surface area contributed by atoms with Crippen molar-refractivity contribution in [3.05, 3.63) is 35.6 Å². The fourth-order valence-electron chi connectivity index (χ4n) is 3.46. The Bertz CT molecular complexity index is 415. The van der Waals surface area contributed by atoms with Crippen LogP contribution in [-0.2, 0) is 0 Å². The molecule has 1 saturated carbocycles. The summed E-state index contributed by atoms with van der Waals surface area (Å²) < 4.78 is 13.5. The van der Waals surface area contributed by atoms with Crippen LogP contribution in [0, 0.1) is 11.7 Å². The van der Waals surface area contributed by atoms with E-state index in [0.717, 1.165) is 24.4 Å². The summed E-state index contributed by atoms with van der Waals surface area (Å²) in [4.78, 5) is 2.33. The number of nitrogens with two attached hydrogens (primary N) is 1. The first-order valence-corrected chi connectivity index (χ1v) is 7.83. The Labute approximate surface area is 122 Å². The van der Waals surface area contributed by atoms with E-state index in [0.29, 0.717) is 0 Å². The SMILES string of the molecule is CCC(N)C(c1cccc(F)c1)N(C)CC1CCCC1. The minimum absolute atomic E-state index is 0.0446. The lowest BCUT2D eigenvalue weighted by atomic mass is 9.95. The van der Waals surface area contributed by atoms with Gasteiger partial charge in [0.25, 0.3) is 0 Å². The summed E-state index contributed by atoms with van der Waals surface area (Å²) in [5, 5.41) is 0. The fourth-order valence-corrected chi connectivity index (χ4v) is 3.46. The van der Waals surface area contributed by atoms with E-state index in [2.05, 4.69) is 18.9 Å². The lowest BCUT2D eigenvalue weighted by Gasteiger charge is -2.34. The first-order chi connectivity index (χ1) is 9.61. The molecule has 3 heteroatoms. The molecule has 1 aromatic carbocycles. The molecule has 0 heterocycles. The summed E-state index contributed by atoms with van der Waals surface area (Å²) in [6.07, 6.45) is 6.24. The number of likely N-dealkylation sites (N-methyl/N-ethyl adjacent to an activating group) is 1. The van der Waals surface area contributed by atoms with Crippen LogP contribution < -0.4 is 5.73 Å². The predicted molar refractivity (Wildman–Crippen MR) is 82.0 cm³/mol. The highest BCUT2D eigenvalue weighted by atomic mass is 19.1. The van der Waals surface area contributed by atoms with E-state index in [1.807, 2.05) is 6.07 Å². The van der Waals surface area contributed by atoms with Gasteiger partial charge in [-0.05, 0) is 49.9 Å². The molecule has 0 aliphatic heterocycles. The Hall–Kier alpha value is -0.930. The molecule has 1 fully saturated rings. The zero-order chi connectivity index (χ0) is 14.5. The quantitative estimate of drug-likeness (QED) is 0.859. The minimum Gasteiger partial charge on any atom is -0.326 e. The Morgan fingerprint density at radius 3 is 2.65 bits per heavy atom. The molecule has 2 atom stereocenters. The fraction of sp³-hybridized carbons (Fsp3) is 0.647. The third kappa shape index (κ3) is 3.80. The van der Waals surface area contributed by atoms with Crippen LogP contribution >= 0.6 is 0 Å². The van der Waals surface area contributed by atoms with Crippen LogP contribution in [0.2, 0.25) is 0 Å². The Morgan fingerprint density at radius 1 is 1.35 bits per heavy atom. The maximum absolute atomic E-state index is 13.5. The van der Waals surface area contributed by atoms with Crippen molar-refractivity contribution in [2.45, 2.75) is 51.1 Å². The molecule has 2 N–H and O–H groups in total. The molecule has 1 aliphatic carbocycles. The van der Waals surface area contributed by atoms with Crippen molar-refractivity contribution >= 4 is 0 Å². The average Bonchev–Trinajstić information content (AvgIpc) is 2.91. The molecule has 0 saturated heterocycles. The first-order valence-electron chi connectivity index (χ1n) is 7.83. The Kier molecular flexibility index (Phi) is 5.55. The highest BCUT2D eigenvalue weighted by Gasteiger charge is 2.26. The van der Waals surface area contributed by atoms with Crippen molar-refractivity contribution < 1.29 is 4.39 Å². The first kappa shape index (κ1) is 15.5. The van der Waals surface area contributed by atoms with Crippen LogP contribution in [0.3, 0.4) is 0 Å². The zero-order valence-corrected chi connectivity index (χ0v) is 12.7. The molecule has 0 bridgehead atoms. The second-order valence-corrected chi connectivity index (χ2v) is 6.16. The van der Waals surface area contributed by atoms with Gasteiger partial charge in [-0.3, -0.25) is 4.90 Å². The third-order valence-corrected chi connectivity index (χ3v) is 4.56. The highest BCUT2D eigenvalue weighted by molar-refractivity contribution is 5.22. The second-order valence-electron chi connectivity index (χ2n) is 6.16. The molecule has 1 aliphatic rings. The normalized spacial score (nSPS) is 19.4. The van der Waals surface area contributed by atoms with Gasteiger partial charge in [-0.15, -0.1) is 0 Å². The number of halogens is 1. The van der Waals surface area contributed by atoms with Crippen molar-refractivity contribution in [1.82, 2.24) is 4.90 Å². The maximum Gasteiger partial charge on any atom is 0.123 e. The molecule has 0 aromatic heterocycles. The van der Waals surface area contributed by atoms with Gasteiger partial charge in [-0.2, -0.15) is 0 Å². The van der Waals surface area contributed by atoms with Gasteiger partial charge >= 0.3 is 0 Å². The molecule has 1 aromatic rings. The molecule has 0 spiro atoms. The topological polar surface area (TPSA) is 29.3 Å². The van der Waals surface area contributed by atoms with Gasteiger partial charge in [0.05, 0.1) is 0 Å². The number of hydrogen-bond donors (Lipinski definition) is 1. The van der Waals surface area contributed by atoms with Gasteiger partial charge in [0.1, 0.15) is 5.82 Å². The van der Waals surface area contributed by atoms with E-state index < -0.39 is 0 Å². The summed E-state index contributed by atoms with van der Waals surface area (Å²) >= 11 is 0. The zero-order valence-electron chi connectivity index (χ0n) is 12.7. The van der Waals surface area contributed by atoms with Gasteiger partial charge in [0.15, 0.2) is 0 Å². The van der Waals surface area contributed by atoms with Gasteiger partial charge < -0.3 is 5.73 Å². The van der Waals surface area contributed by atoms with Gasteiger partial charge in [0, 0.05) is 18.6 Å². The van der Waals surface area contributed by atoms with Crippen molar-refractivity contribution in [2.75, 3.05) is 13.6 Å². The third-order valence-electron chi connectivity index (χ3n) is 4.56. The molecule has 20 heavy (non-hydrogen) atoms. The Balaban J connectivity index is 2.13. The summed E-state index contributed by atoms with van der Waals surface area (Å²) in [6.45, 7) is 3.16. The van der Waals surface area contributed by atoms with E-state index >= 15 is 0 Å². The van der Waals surface area contributed by atoms with Crippen LogP contribution in [0.25, 0.3) is 0 Å². The van der Waals surface area contributed by atoms with Crippen molar-refractivity contribution in [3.8, 4) is 0 Å². The van der Waals surface area contributed by atoms with E-state index in [-0.39, 0.29) is 17.9 Å². The van der Waals surface area contributed by atoms with Crippen LogP contribution in [0.1, 0.15) is 50.6 Å². The van der Waals surface area contributed by atoms with Crippen molar-refractivity contribution in [2.24, 2.45) is 11.7 Å². The number of rotatable bonds is 6. The number of nitrogens with zero attached hydrogens (tertiary/aromatic N) is 1.